The summed E-state index contributed by atoms with van der Waals surface area (Å²) in [7, 11) is 0. The van der Waals surface area contributed by atoms with Gasteiger partial charge in [0.15, 0.2) is 0 Å². The van der Waals surface area contributed by atoms with E-state index in [9.17, 15) is 13.2 Å². The Labute approximate surface area is 118 Å². The molecule has 1 aliphatic rings. The Bertz CT molecular complexity index is 473. The summed E-state index contributed by atoms with van der Waals surface area (Å²) in [4.78, 5) is 2.05. The van der Waals surface area contributed by atoms with Crippen LogP contribution in [0.15, 0.2) is 35.3 Å². The summed E-state index contributed by atoms with van der Waals surface area (Å²) < 4.78 is 38.3. The number of nitrogens with one attached hydrogen (secondary N) is 1. The number of alkyl halides is 3. The Morgan fingerprint density at radius 1 is 1.42 bits per heavy atom. The SMILES string of the molecule is C=CC1CNCCN1c1ccc(C(F)(F)F)cc1Br. The standard InChI is InChI=1S/C13H14BrF3N2/c1-2-10-8-18-5-6-19(10)12-4-3-9(7-11(12)14)13(15,16)17/h2-4,7,10,18H,1,5-6,8H2. The van der Waals surface area contributed by atoms with E-state index >= 15 is 0 Å². The first-order chi connectivity index (χ1) is 8.93. The molecular weight excluding hydrogens is 321 g/mol. The van der Waals surface area contributed by atoms with Crippen molar-refractivity contribution in [2.75, 3.05) is 24.5 Å². The average Bonchev–Trinajstić information content (AvgIpc) is 2.37. The fourth-order valence-corrected chi connectivity index (χ4v) is 2.76. The average molecular weight is 335 g/mol. The lowest BCUT2D eigenvalue weighted by Crippen LogP contribution is -2.50. The number of rotatable bonds is 2. The molecule has 0 aliphatic carbocycles. The molecular formula is C13H14BrF3N2. The van der Waals surface area contributed by atoms with Gasteiger partial charge in [0.2, 0.25) is 0 Å². The van der Waals surface area contributed by atoms with E-state index in [4.69, 9.17) is 0 Å². The van der Waals surface area contributed by atoms with Gasteiger partial charge in [-0.3, -0.25) is 0 Å². The van der Waals surface area contributed by atoms with Gasteiger partial charge in [0.1, 0.15) is 0 Å². The number of anilines is 1. The summed E-state index contributed by atoms with van der Waals surface area (Å²) in [6.07, 6.45) is -2.52. The summed E-state index contributed by atoms with van der Waals surface area (Å²) >= 11 is 3.24. The van der Waals surface area contributed by atoms with Crippen molar-refractivity contribution >= 4 is 21.6 Å². The molecule has 2 nitrogen and oxygen atoms in total. The topological polar surface area (TPSA) is 15.3 Å². The minimum atomic E-state index is -4.32. The van der Waals surface area contributed by atoms with E-state index in [2.05, 4.69) is 27.8 Å². The molecule has 1 heterocycles. The predicted octanol–water partition coefficient (Wildman–Crippen LogP) is 3.43. The molecule has 6 heteroatoms. The van der Waals surface area contributed by atoms with E-state index in [-0.39, 0.29) is 6.04 Å². The van der Waals surface area contributed by atoms with Crippen LogP contribution in [0.1, 0.15) is 5.56 Å². The fraction of sp³-hybridized carbons (Fsp3) is 0.385. The Kier molecular flexibility index (Phi) is 4.20. The van der Waals surface area contributed by atoms with Gasteiger partial charge >= 0.3 is 6.18 Å². The van der Waals surface area contributed by atoms with E-state index in [0.29, 0.717) is 4.47 Å². The van der Waals surface area contributed by atoms with Crippen molar-refractivity contribution < 1.29 is 13.2 Å². The highest BCUT2D eigenvalue weighted by atomic mass is 79.9. The van der Waals surface area contributed by atoms with Crippen LogP contribution >= 0.6 is 15.9 Å². The molecule has 1 unspecified atom stereocenters. The highest BCUT2D eigenvalue weighted by Gasteiger charge is 2.31. The third-order valence-corrected chi connectivity index (χ3v) is 3.77. The van der Waals surface area contributed by atoms with Crippen molar-refractivity contribution in [1.29, 1.82) is 0 Å². The van der Waals surface area contributed by atoms with Gasteiger partial charge in [0.05, 0.1) is 17.3 Å². The lowest BCUT2D eigenvalue weighted by molar-refractivity contribution is -0.137. The Morgan fingerprint density at radius 2 is 2.16 bits per heavy atom. The summed E-state index contributed by atoms with van der Waals surface area (Å²) in [6, 6.07) is 3.83. The number of hydrogen-bond donors (Lipinski definition) is 1. The zero-order valence-corrected chi connectivity index (χ0v) is 11.8. The molecule has 104 valence electrons. The van der Waals surface area contributed by atoms with Crippen LogP contribution in [-0.2, 0) is 6.18 Å². The van der Waals surface area contributed by atoms with Crippen LogP contribution in [0.2, 0.25) is 0 Å². The van der Waals surface area contributed by atoms with Crippen LogP contribution in [0.25, 0.3) is 0 Å². The van der Waals surface area contributed by atoms with E-state index in [1.807, 2.05) is 4.90 Å². The lowest BCUT2D eigenvalue weighted by atomic mass is 10.1. The lowest BCUT2D eigenvalue weighted by Gasteiger charge is -2.37. The number of nitrogens with zero attached hydrogens (tertiary/aromatic N) is 1. The van der Waals surface area contributed by atoms with E-state index < -0.39 is 11.7 Å². The fourth-order valence-electron chi connectivity index (χ4n) is 2.15. The van der Waals surface area contributed by atoms with E-state index in [1.54, 1.807) is 6.08 Å². The van der Waals surface area contributed by atoms with E-state index in [1.165, 1.54) is 6.07 Å². The zero-order valence-electron chi connectivity index (χ0n) is 10.2. The maximum absolute atomic E-state index is 12.6. The maximum atomic E-state index is 12.6. The summed E-state index contributed by atoms with van der Waals surface area (Å²) in [5, 5.41) is 3.23. The van der Waals surface area contributed by atoms with Crippen LogP contribution in [0.4, 0.5) is 18.9 Å². The second-order valence-corrected chi connectivity index (χ2v) is 5.22. The molecule has 0 radical (unpaired) electrons. The van der Waals surface area contributed by atoms with Gasteiger partial charge < -0.3 is 10.2 Å². The third kappa shape index (κ3) is 3.12. The van der Waals surface area contributed by atoms with Gasteiger partial charge in [-0.1, -0.05) is 6.08 Å². The molecule has 1 atom stereocenters. The molecule has 1 aromatic carbocycles. The Balaban J connectivity index is 2.32. The predicted molar refractivity (Wildman–Crippen MR) is 73.3 cm³/mol. The molecule has 1 N–H and O–H groups in total. The Morgan fingerprint density at radius 3 is 2.74 bits per heavy atom. The smallest absolute Gasteiger partial charge is 0.362 e. The van der Waals surface area contributed by atoms with Crippen molar-refractivity contribution in [2.24, 2.45) is 0 Å². The van der Waals surface area contributed by atoms with Crippen molar-refractivity contribution in [3.8, 4) is 0 Å². The molecule has 0 aromatic heterocycles. The van der Waals surface area contributed by atoms with Crippen molar-refractivity contribution in [1.82, 2.24) is 5.32 Å². The molecule has 2 rings (SSSR count). The molecule has 1 aromatic rings. The van der Waals surface area contributed by atoms with Gasteiger partial charge in [0.25, 0.3) is 0 Å². The monoisotopic (exact) mass is 334 g/mol. The molecule has 0 saturated carbocycles. The van der Waals surface area contributed by atoms with Crippen LogP contribution in [0, 0.1) is 0 Å². The third-order valence-electron chi connectivity index (χ3n) is 3.14. The van der Waals surface area contributed by atoms with Gasteiger partial charge in [-0.25, -0.2) is 0 Å². The highest BCUT2D eigenvalue weighted by molar-refractivity contribution is 9.10. The quantitative estimate of drug-likeness (QED) is 0.833. The Hall–Kier alpha value is -1.01. The second-order valence-electron chi connectivity index (χ2n) is 4.36. The molecule has 1 aliphatic heterocycles. The molecule has 0 bridgehead atoms. The second kappa shape index (κ2) is 5.54. The van der Waals surface area contributed by atoms with Gasteiger partial charge in [-0.05, 0) is 34.1 Å². The molecule has 0 amide bonds. The number of benzene rings is 1. The number of hydrogen-bond acceptors (Lipinski definition) is 2. The number of piperazine rings is 1. The summed E-state index contributed by atoms with van der Waals surface area (Å²) in [5.74, 6) is 0. The van der Waals surface area contributed by atoms with Gasteiger partial charge in [-0.15, -0.1) is 6.58 Å². The normalized spacial score (nSPS) is 20.4. The molecule has 1 saturated heterocycles. The first kappa shape index (κ1) is 14.4. The van der Waals surface area contributed by atoms with Crippen LogP contribution in [0.5, 0.6) is 0 Å². The summed E-state index contributed by atoms with van der Waals surface area (Å²) in [5.41, 5.74) is 0.118. The van der Waals surface area contributed by atoms with Gasteiger partial charge in [0, 0.05) is 24.1 Å². The molecule has 19 heavy (non-hydrogen) atoms. The maximum Gasteiger partial charge on any atom is 0.416 e. The van der Waals surface area contributed by atoms with Crippen LogP contribution in [-0.4, -0.2) is 25.7 Å². The highest BCUT2D eigenvalue weighted by Crippen LogP contribution is 2.36. The number of halogens is 4. The van der Waals surface area contributed by atoms with Crippen molar-refractivity contribution in [3.05, 3.63) is 40.9 Å². The first-order valence-corrected chi connectivity index (χ1v) is 6.69. The largest absolute Gasteiger partial charge is 0.416 e. The minimum Gasteiger partial charge on any atom is -0.362 e. The van der Waals surface area contributed by atoms with E-state index in [0.717, 1.165) is 37.5 Å². The van der Waals surface area contributed by atoms with Crippen molar-refractivity contribution in [2.45, 2.75) is 12.2 Å². The zero-order chi connectivity index (χ0) is 14.0. The minimum absolute atomic E-state index is 0.0850. The van der Waals surface area contributed by atoms with Gasteiger partial charge in [-0.2, -0.15) is 13.2 Å². The molecule has 0 spiro atoms. The first-order valence-electron chi connectivity index (χ1n) is 5.90. The van der Waals surface area contributed by atoms with Crippen LogP contribution < -0.4 is 10.2 Å². The molecule has 1 fully saturated rings. The van der Waals surface area contributed by atoms with Crippen LogP contribution in [0.3, 0.4) is 0 Å². The van der Waals surface area contributed by atoms with Crippen molar-refractivity contribution in [3.63, 3.8) is 0 Å². The summed E-state index contributed by atoms with van der Waals surface area (Å²) in [6.45, 7) is 6.06.